The van der Waals surface area contributed by atoms with Crippen molar-refractivity contribution in [3.63, 3.8) is 0 Å². The average molecular weight is 515 g/mol. The third kappa shape index (κ3) is 5.96. The topological polar surface area (TPSA) is 101 Å². The van der Waals surface area contributed by atoms with Gasteiger partial charge in [0.2, 0.25) is 0 Å². The second-order valence-electron chi connectivity index (χ2n) is 9.52. The Hall–Kier alpha value is -3.05. The van der Waals surface area contributed by atoms with Gasteiger partial charge in [0, 0.05) is 37.3 Å². The van der Waals surface area contributed by atoms with Gasteiger partial charge < -0.3 is 19.9 Å². The molecule has 1 atom stereocenters. The van der Waals surface area contributed by atoms with E-state index in [-0.39, 0.29) is 18.0 Å². The number of aryl methyl sites for hydroxylation is 2. The summed E-state index contributed by atoms with van der Waals surface area (Å²) in [6, 6.07) is 3.39. The highest BCUT2D eigenvalue weighted by molar-refractivity contribution is 7.16. The molecular weight excluding hydrogens is 484 g/mol. The number of pyridine rings is 1. The van der Waals surface area contributed by atoms with Crippen LogP contribution in [0.2, 0.25) is 0 Å². The van der Waals surface area contributed by atoms with E-state index in [2.05, 4.69) is 20.3 Å². The number of carbonyl (C=O) groups excluding carboxylic acids is 2. The lowest BCUT2D eigenvalue weighted by Gasteiger charge is -2.40. The summed E-state index contributed by atoms with van der Waals surface area (Å²) >= 11 is 3.12. The van der Waals surface area contributed by atoms with Gasteiger partial charge in [0.1, 0.15) is 11.4 Å². The molecule has 0 spiro atoms. The van der Waals surface area contributed by atoms with Crippen LogP contribution in [0.1, 0.15) is 48.8 Å². The Morgan fingerprint density at radius 3 is 2.54 bits per heavy atom. The molecule has 1 N–H and O–H groups in total. The smallest absolute Gasteiger partial charge is 0.410 e. The van der Waals surface area contributed by atoms with Crippen LogP contribution >= 0.6 is 22.7 Å². The van der Waals surface area contributed by atoms with Crippen LogP contribution in [0.3, 0.4) is 0 Å². The fourth-order valence-corrected chi connectivity index (χ4v) is 5.49. The maximum Gasteiger partial charge on any atom is 0.410 e. The van der Waals surface area contributed by atoms with Gasteiger partial charge in [-0.25, -0.2) is 19.7 Å². The van der Waals surface area contributed by atoms with Crippen LogP contribution in [0.4, 0.5) is 15.7 Å². The number of hydrogen-bond donors (Lipinski definition) is 1. The van der Waals surface area contributed by atoms with E-state index < -0.39 is 5.60 Å². The van der Waals surface area contributed by atoms with Crippen molar-refractivity contribution in [1.82, 2.24) is 24.8 Å². The number of hydrogen-bond acceptors (Lipinski definition) is 9. The Morgan fingerprint density at radius 1 is 1.17 bits per heavy atom. The molecule has 3 aromatic heterocycles. The van der Waals surface area contributed by atoms with Crippen LogP contribution in [0.25, 0.3) is 10.6 Å². The second-order valence-corrected chi connectivity index (χ2v) is 11.6. The van der Waals surface area contributed by atoms with Gasteiger partial charge in [0.05, 0.1) is 26.8 Å². The largest absolute Gasteiger partial charge is 0.444 e. The van der Waals surface area contributed by atoms with Crippen LogP contribution < -0.4 is 5.32 Å². The van der Waals surface area contributed by atoms with Gasteiger partial charge >= 0.3 is 6.09 Å². The molecule has 0 bridgehead atoms. The lowest BCUT2D eigenvalue weighted by molar-refractivity contribution is 0.00198. The number of amides is 2. The first kappa shape index (κ1) is 25.1. The molecule has 1 saturated heterocycles. The number of aromatic nitrogens is 3. The number of anilines is 2. The minimum Gasteiger partial charge on any atom is -0.444 e. The predicted octanol–water partition coefficient (Wildman–Crippen LogP) is 5.10. The minimum absolute atomic E-state index is 0.104. The number of nitrogens with one attached hydrogen (secondary N) is 1. The highest BCUT2D eigenvalue weighted by atomic mass is 32.1. The highest BCUT2D eigenvalue weighted by Gasteiger charge is 2.32. The van der Waals surface area contributed by atoms with Crippen LogP contribution in [0.15, 0.2) is 23.7 Å². The zero-order valence-corrected chi connectivity index (χ0v) is 22.4. The van der Waals surface area contributed by atoms with Gasteiger partial charge in [0.15, 0.2) is 5.13 Å². The molecule has 186 valence electrons. The molecule has 11 heteroatoms. The van der Waals surface area contributed by atoms with Crippen molar-refractivity contribution in [3.05, 3.63) is 40.0 Å². The van der Waals surface area contributed by atoms with Crippen molar-refractivity contribution < 1.29 is 14.3 Å². The summed E-state index contributed by atoms with van der Waals surface area (Å²) in [6.45, 7) is 12.7. The van der Waals surface area contributed by atoms with Crippen LogP contribution in [-0.2, 0) is 4.74 Å². The Bertz CT molecular complexity index is 1210. The van der Waals surface area contributed by atoms with Crippen molar-refractivity contribution >= 4 is 45.6 Å². The van der Waals surface area contributed by atoms with E-state index in [9.17, 15) is 9.59 Å². The molecule has 4 heterocycles. The van der Waals surface area contributed by atoms with E-state index in [1.165, 1.54) is 11.3 Å². The standard InChI is InChI=1S/C24H30N6O3S2/c1-14-12-29(9-10-30(14)23(32)33-24(4,5)6)21(31)17-7-8-19(25-11-17)28-22-27-18(13-34-22)20-15(2)26-16(3)35-20/h7-8,11,13-14H,9-10,12H2,1-6H3,(H,25,27,28). The lowest BCUT2D eigenvalue weighted by atomic mass is 10.1. The first-order valence-corrected chi connectivity index (χ1v) is 13.1. The molecule has 1 unspecified atom stereocenters. The zero-order valence-electron chi connectivity index (χ0n) is 20.8. The van der Waals surface area contributed by atoms with Gasteiger partial charge in [-0.1, -0.05) is 0 Å². The molecular formula is C24H30N6O3S2. The number of ether oxygens (including phenoxy) is 1. The minimum atomic E-state index is -0.551. The summed E-state index contributed by atoms with van der Waals surface area (Å²) < 4.78 is 5.48. The van der Waals surface area contributed by atoms with E-state index in [0.717, 1.165) is 26.4 Å². The van der Waals surface area contributed by atoms with Crippen LogP contribution in [0.5, 0.6) is 0 Å². The lowest BCUT2D eigenvalue weighted by Crippen LogP contribution is -2.56. The van der Waals surface area contributed by atoms with E-state index in [1.54, 1.807) is 39.5 Å². The quantitative estimate of drug-likeness (QED) is 0.517. The first-order valence-electron chi connectivity index (χ1n) is 11.4. The molecule has 0 aliphatic carbocycles. The second kappa shape index (κ2) is 9.90. The molecule has 0 radical (unpaired) electrons. The van der Waals surface area contributed by atoms with Crippen molar-refractivity contribution in [3.8, 4) is 10.6 Å². The molecule has 0 saturated carbocycles. The fourth-order valence-electron chi connectivity index (χ4n) is 3.82. The predicted molar refractivity (Wildman–Crippen MR) is 139 cm³/mol. The summed E-state index contributed by atoms with van der Waals surface area (Å²) in [5, 5.41) is 6.95. The maximum absolute atomic E-state index is 13.0. The van der Waals surface area contributed by atoms with Gasteiger partial charge in [0.25, 0.3) is 5.91 Å². The first-order chi connectivity index (χ1) is 16.5. The molecule has 35 heavy (non-hydrogen) atoms. The van der Waals surface area contributed by atoms with Crippen LogP contribution in [-0.4, -0.2) is 68.0 Å². The number of rotatable bonds is 4. The average Bonchev–Trinajstić information content (AvgIpc) is 3.37. The molecule has 1 fully saturated rings. The van der Waals surface area contributed by atoms with Crippen molar-refractivity contribution in [2.45, 2.75) is 53.2 Å². The summed E-state index contributed by atoms with van der Waals surface area (Å²) in [7, 11) is 0. The molecule has 3 aromatic rings. The number of nitrogens with zero attached hydrogens (tertiary/aromatic N) is 5. The normalized spacial score (nSPS) is 16.3. The Morgan fingerprint density at radius 2 is 1.94 bits per heavy atom. The summed E-state index contributed by atoms with van der Waals surface area (Å²) in [6.07, 6.45) is 1.22. The van der Waals surface area contributed by atoms with Crippen molar-refractivity contribution in [2.75, 3.05) is 25.0 Å². The van der Waals surface area contributed by atoms with Crippen LogP contribution in [0, 0.1) is 13.8 Å². The molecule has 4 rings (SSSR count). The summed E-state index contributed by atoms with van der Waals surface area (Å²) in [4.78, 5) is 43.5. The Kier molecular flexibility index (Phi) is 7.09. The molecule has 9 nitrogen and oxygen atoms in total. The van der Waals surface area contributed by atoms with E-state index >= 15 is 0 Å². The monoisotopic (exact) mass is 514 g/mol. The SMILES string of the molecule is Cc1nc(C)c(-c2csc(Nc3ccc(C(=O)N4CCN(C(=O)OC(C)(C)C)C(C)C4)cn3)n2)s1. The van der Waals surface area contributed by atoms with Gasteiger partial charge in [-0.05, 0) is 53.7 Å². The van der Waals surface area contributed by atoms with Crippen molar-refractivity contribution in [1.29, 1.82) is 0 Å². The van der Waals surface area contributed by atoms with E-state index in [4.69, 9.17) is 4.74 Å². The third-order valence-electron chi connectivity index (χ3n) is 5.43. The highest BCUT2D eigenvalue weighted by Crippen LogP contribution is 2.32. The molecule has 0 aromatic carbocycles. The number of carbonyl (C=O) groups is 2. The zero-order chi connectivity index (χ0) is 25.3. The van der Waals surface area contributed by atoms with Gasteiger partial charge in [-0.2, -0.15) is 0 Å². The van der Waals surface area contributed by atoms with E-state index in [1.807, 2.05) is 46.9 Å². The molecule has 2 amide bonds. The van der Waals surface area contributed by atoms with Crippen molar-refractivity contribution in [2.24, 2.45) is 0 Å². The summed E-state index contributed by atoms with van der Waals surface area (Å²) in [5.41, 5.74) is 1.83. The summed E-state index contributed by atoms with van der Waals surface area (Å²) in [5.74, 6) is 0.509. The maximum atomic E-state index is 13.0. The number of thiazole rings is 2. The molecule has 1 aliphatic rings. The van der Waals surface area contributed by atoms with E-state index in [0.29, 0.717) is 31.0 Å². The molecule has 1 aliphatic heterocycles. The number of piperazine rings is 1. The van der Waals surface area contributed by atoms with Gasteiger partial charge in [-0.15, -0.1) is 22.7 Å². The Labute approximate surface area is 213 Å². The fraction of sp³-hybridized carbons (Fsp3) is 0.458. The third-order valence-corrected chi connectivity index (χ3v) is 7.28. The Balaban J connectivity index is 1.36. The van der Waals surface area contributed by atoms with Gasteiger partial charge in [-0.3, -0.25) is 4.79 Å².